The van der Waals surface area contributed by atoms with Gasteiger partial charge in [-0.2, -0.15) is 4.98 Å². The van der Waals surface area contributed by atoms with Crippen molar-refractivity contribution < 1.29 is 9.26 Å². The van der Waals surface area contributed by atoms with Crippen molar-refractivity contribution in [1.82, 2.24) is 10.1 Å². The van der Waals surface area contributed by atoms with Gasteiger partial charge in [0.25, 0.3) is 0 Å². The second-order valence-corrected chi connectivity index (χ2v) is 5.64. The Bertz CT molecular complexity index is 547. The molecule has 0 fully saturated rings. The lowest BCUT2D eigenvalue weighted by Gasteiger charge is -2.08. The molecule has 0 aliphatic carbocycles. The van der Waals surface area contributed by atoms with Crippen LogP contribution in [0, 0.1) is 0 Å². The third kappa shape index (κ3) is 4.86. The minimum Gasteiger partial charge on any atom is -0.374 e. The molecule has 21 heavy (non-hydrogen) atoms. The first-order valence-electron chi connectivity index (χ1n) is 7.31. The molecule has 1 aromatic heterocycles. The summed E-state index contributed by atoms with van der Waals surface area (Å²) in [4.78, 5) is 4.28. The van der Waals surface area contributed by atoms with Gasteiger partial charge in [-0.05, 0) is 25.0 Å². The average Bonchev–Trinajstić information content (AvgIpc) is 2.93. The number of hydrogen-bond acceptors (Lipinski definition) is 5. The van der Waals surface area contributed by atoms with Crippen LogP contribution in [0.5, 0.6) is 0 Å². The number of aromatic nitrogens is 2. The van der Waals surface area contributed by atoms with Gasteiger partial charge in [-0.1, -0.05) is 43.3 Å². The number of hydrogen-bond donors (Lipinski definition) is 1. The van der Waals surface area contributed by atoms with E-state index in [9.17, 15) is 0 Å². The second-order valence-electron chi connectivity index (χ2n) is 5.64. The molecule has 1 heterocycles. The van der Waals surface area contributed by atoms with Gasteiger partial charge in [0.1, 0.15) is 0 Å². The first kappa shape index (κ1) is 15.5. The molecule has 114 valence electrons. The smallest absolute Gasteiger partial charge is 0.321 e. The number of ether oxygens (including phenoxy) is 1. The van der Waals surface area contributed by atoms with Gasteiger partial charge in [0.05, 0.1) is 12.7 Å². The van der Waals surface area contributed by atoms with Crippen LogP contribution in [-0.4, -0.2) is 16.2 Å². The largest absolute Gasteiger partial charge is 0.374 e. The van der Waals surface area contributed by atoms with E-state index in [-0.39, 0.29) is 12.0 Å². The van der Waals surface area contributed by atoms with Crippen molar-refractivity contribution in [3.63, 3.8) is 0 Å². The zero-order valence-corrected chi connectivity index (χ0v) is 13.1. The lowest BCUT2D eigenvalue weighted by molar-refractivity contribution is 0.0657. The van der Waals surface area contributed by atoms with E-state index in [4.69, 9.17) is 9.26 Å². The summed E-state index contributed by atoms with van der Waals surface area (Å²) in [5.41, 5.74) is 2.33. The van der Waals surface area contributed by atoms with Crippen LogP contribution in [0.1, 0.15) is 50.6 Å². The number of nitrogens with zero attached hydrogens (tertiary/aromatic N) is 2. The SMILES string of the molecule is CC(C)OCc1ccc(CNc2nc(C(C)C)no2)cc1. The summed E-state index contributed by atoms with van der Waals surface area (Å²) in [5.74, 6) is 0.989. The predicted octanol–water partition coefficient (Wildman–Crippen LogP) is 3.73. The van der Waals surface area contributed by atoms with Crippen LogP contribution in [0.3, 0.4) is 0 Å². The second kappa shape index (κ2) is 7.22. The van der Waals surface area contributed by atoms with Crippen LogP contribution >= 0.6 is 0 Å². The molecular weight excluding hydrogens is 266 g/mol. The molecule has 0 unspecified atom stereocenters. The Morgan fingerprint density at radius 1 is 1.10 bits per heavy atom. The fourth-order valence-electron chi connectivity index (χ4n) is 1.74. The molecule has 0 saturated heterocycles. The van der Waals surface area contributed by atoms with Crippen LogP contribution in [-0.2, 0) is 17.9 Å². The molecule has 2 aromatic rings. The lowest BCUT2D eigenvalue weighted by Crippen LogP contribution is -2.03. The first-order chi connectivity index (χ1) is 10.0. The fraction of sp³-hybridized carbons (Fsp3) is 0.500. The molecule has 0 spiro atoms. The minimum atomic E-state index is 0.249. The molecule has 0 saturated carbocycles. The number of nitrogens with one attached hydrogen (secondary N) is 1. The highest BCUT2D eigenvalue weighted by Crippen LogP contribution is 2.14. The van der Waals surface area contributed by atoms with Gasteiger partial charge >= 0.3 is 6.01 Å². The predicted molar refractivity (Wildman–Crippen MR) is 82.1 cm³/mol. The summed E-state index contributed by atoms with van der Waals surface area (Å²) in [6.07, 6.45) is 0.249. The average molecular weight is 289 g/mol. The summed E-state index contributed by atoms with van der Waals surface area (Å²) >= 11 is 0. The summed E-state index contributed by atoms with van der Waals surface area (Å²) in [5, 5.41) is 7.05. The maximum atomic E-state index is 5.57. The molecule has 0 bridgehead atoms. The number of benzene rings is 1. The van der Waals surface area contributed by atoms with Crippen LogP contribution in [0.15, 0.2) is 28.8 Å². The molecule has 0 aliphatic rings. The third-order valence-electron chi connectivity index (χ3n) is 3.01. The molecular formula is C16H23N3O2. The highest BCUT2D eigenvalue weighted by atomic mass is 16.5. The Hall–Kier alpha value is -1.88. The summed E-state index contributed by atoms with van der Waals surface area (Å²) in [6, 6.07) is 8.77. The van der Waals surface area contributed by atoms with Crippen LogP contribution in [0.25, 0.3) is 0 Å². The fourth-order valence-corrected chi connectivity index (χ4v) is 1.74. The number of anilines is 1. The molecule has 0 radical (unpaired) electrons. The van der Waals surface area contributed by atoms with Crippen molar-refractivity contribution in [2.24, 2.45) is 0 Å². The normalized spacial score (nSPS) is 11.3. The highest BCUT2D eigenvalue weighted by molar-refractivity contribution is 5.27. The topological polar surface area (TPSA) is 60.2 Å². The maximum absolute atomic E-state index is 5.57. The maximum Gasteiger partial charge on any atom is 0.321 e. The zero-order chi connectivity index (χ0) is 15.2. The van der Waals surface area contributed by atoms with E-state index in [1.165, 1.54) is 5.56 Å². The van der Waals surface area contributed by atoms with Crippen molar-refractivity contribution >= 4 is 6.01 Å². The van der Waals surface area contributed by atoms with Gasteiger partial charge in [0, 0.05) is 12.5 Å². The third-order valence-corrected chi connectivity index (χ3v) is 3.01. The van der Waals surface area contributed by atoms with Crippen molar-refractivity contribution in [3.8, 4) is 0 Å². The van der Waals surface area contributed by atoms with Gasteiger partial charge in [-0.15, -0.1) is 0 Å². The molecule has 1 N–H and O–H groups in total. The van der Waals surface area contributed by atoms with E-state index in [0.717, 1.165) is 11.4 Å². The van der Waals surface area contributed by atoms with Crippen molar-refractivity contribution in [2.45, 2.75) is 52.9 Å². The molecule has 0 amide bonds. The van der Waals surface area contributed by atoms with Crippen molar-refractivity contribution in [2.75, 3.05) is 5.32 Å². The van der Waals surface area contributed by atoms with Crippen molar-refractivity contribution in [1.29, 1.82) is 0 Å². The van der Waals surface area contributed by atoms with Gasteiger partial charge in [0.15, 0.2) is 5.82 Å². The van der Waals surface area contributed by atoms with E-state index >= 15 is 0 Å². The Balaban J connectivity index is 1.85. The Kier molecular flexibility index (Phi) is 5.33. The Labute approximate surface area is 125 Å². The van der Waals surface area contributed by atoms with E-state index in [1.807, 2.05) is 27.7 Å². The highest BCUT2D eigenvalue weighted by Gasteiger charge is 2.08. The van der Waals surface area contributed by atoms with Crippen molar-refractivity contribution in [3.05, 3.63) is 41.2 Å². The lowest BCUT2D eigenvalue weighted by atomic mass is 10.1. The van der Waals surface area contributed by atoms with Gasteiger partial charge in [-0.3, -0.25) is 0 Å². The standard InChI is InChI=1S/C16H23N3O2/c1-11(2)15-18-16(21-19-15)17-9-13-5-7-14(8-6-13)10-20-12(3)4/h5-8,11-12H,9-10H2,1-4H3,(H,17,18,19). The van der Waals surface area contributed by atoms with Gasteiger partial charge in [-0.25, -0.2) is 0 Å². The summed E-state index contributed by atoms with van der Waals surface area (Å²) in [7, 11) is 0. The van der Waals surface area contributed by atoms with Crippen LogP contribution < -0.4 is 5.32 Å². The summed E-state index contributed by atoms with van der Waals surface area (Å²) < 4.78 is 10.7. The molecule has 5 heteroatoms. The monoisotopic (exact) mass is 289 g/mol. The van der Waals surface area contributed by atoms with E-state index < -0.39 is 0 Å². The molecule has 0 aliphatic heterocycles. The molecule has 5 nitrogen and oxygen atoms in total. The molecule has 0 atom stereocenters. The molecule has 2 rings (SSSR count). The minimum absolute atomic E-state index is 0.249. The zero-order valence-electron chi connectivity index (χ0n) is 13.1. The quantitative estimate of drug-likeness (QED) is 0.841. The Morgan fingerprint density at radius 3 is 2.33 bits per heavy atom. The van der Waals surface area contributed by atoms with E-state index in [2.05, 4.69) is 39.7 Å². The molecule has 1 aromatic carbocycles. The first-order valence-corrected chi connectivity index (χ1v) is 7.31. The van der Waals surface area contributed by atoms with Gasteiger partial charge < -0.3 is 14.6 Å². The van der Waals surface area contributed by atoms with E-state index in [0.29, 0.717) is 19.2 Å². The van der Waals surface area contributed by atoms with Crippen LogP contribution in [0.2, 0.25) is 0 Å². The summed E-state index contributed by atoms with van der Waals surface area (Å²) in [6.45, 7) is 9.44. The van der Waals surface area contributed by atoms with E-state index in [1.54, 1.807) is 0 Å². The number of rotatable bonds is 7. The van der Waals surface area contributed by atoms with Gasteiger partial charge in [0.2, 0.25) is 0 Å². The Morgan fingerprint density at radius 2 is 1.76 bits per heavy atom. The van der Waals surface area contributed by atoms with Crippen LogP contribution in [0.4, 0.5) is 6.01 Å².